The molecule has 26 heavy (non-hydrogen) atoms. The lowest BCUT2D eigenvalue weighted by Crippen LogP contribution is -2.22. The van der Waals surface area contributed by atoms with E-state index in [1.54, 1.807) is 24.3 Å². The van der Waals surface area contributed by atoms with Crippen molar-refractivity contribution in [2.45, 2.75) is 38.5 Å². The van der Waals surface area contributed by atoms with Gasteiger partial charge >= 0.3 is 0 Å². The van der Waals surface area contributed by atoms with Crippen molar-refractivity contribution in [1.82, 2.24) is 0 Å². The van der Waals surface area contributed by atoms with Gasteiger partial charge in [-0.3, -0.25) is 9.59 Å². The van der Waals surface area contributed by atoms with Crippen molar-refractivity contribution in [3.63, 3.8) is 0 Å². The van der Waals surface area contributed by atoms with Gasteiger partial charge in [-0.05, 0) is 43.4 Å². The van der Waals surface area contributed by atoms with E-state index in [9.17, 15) is 9.59 Å². The molecule has 0 unspecified atom stereocenters. The number of carbonyl (C=O) groups is 2. The highest BCUT2D eigenvalue weighted by Crippen LogP contribution is 2.36. The Labute approximate surface area is 161 Å². The number of benzene rings is 1. The molecule has 2 amide bonds. The van der Waals surface area contributed by atoms with Crippen LogP contribution >= 0.6 is 22.9 Å². The molecule has 0 saturated carbocycles. The van der Waals surface area contributed by atoms with Crippen LogP contribution < -0.4 is 15.8 Å². The minimum Gasteiger partial charge on any atom is -0.482 e. The van der Waals surface area contributed by atoms with E-state index in [0.717, 1.165) is 42.5 Å². The number of hydrogen-bond donors (Lipinski definition) is 2. The Morgan fingerprint density at radius 3 is 2.62 bits per heavy atom. The maximum Gasteiger partial charge on any atom is 0.262 e. The molecular formula is C19H21ClN2O3S. The standard InChI is InChI=1S/C19H21ClN2O3S/c20-13-8-5-6-9-14(13)25-11-16(23)22-19-17(18(21)24)12-7-3-1-2-4-10-15(12)26-19/h5-6,8-9H,1-4,7,10-11H2,(H2,21,24)(H,22,23). The number of halogens is 1. The molecule has 0 bridgehead atoms. The summed E-state index contributed by atoms with van der Waals surface area (Å²) in [6.45, 7) is -0.190. The van der Waals surface area contributed by atoms with Gasteiger partial charge in [0.05, 0.1) is 10.6 Å². The number of fused-ring (bicyclic) bond motifs is 1. The average Bonchev–Trinajstić information content (AvgIpc) is 2.90. The Morgan fingerprint density at radius 1 is 1.15 bits per heavy atom. The Bertz CT molecular complexity index is 819. The number of para-hydroxylation sites is 1. The Balaban J connectivity index is 1.74. The summed E-state index contributed by atoms with van der Waals surface area (Å²) in [4.78, 5) is 25.4. The second-order valence-corrected chi connectivity index (χ2v) is 7.77. The van der Waals surface area contributed by atoms with Gasteiger partial charge < -0.3 is 15.8 Å². The predicted molar refractivity (Wildman–Crippen MR) is 104 cm³/mol. The van der Waals surface area contributed by atoms with Crippen LogP contribution in [0.1, 0.15) is 46.5 Å². The molecule has 1 aromatic heterocycles. The predicted octanol–water partition coefficient (Wildman–Crippen LogP) is 4.18. The van der Waals surface area contributed by atoms with Gasteiger partial charge in [-0.15, -0.1) is 11.3 Å². The summed E-state index contributed by atoms with van der Waals surface area (Å²) in [5.41, 5.74) is 7.06. The molecule has 1 heterocycles. The van der Waals surface area contributed by atoms with Crippen LogP contribution in [0.25, 0.3) is 0 Å². The molecule has 0 radical (unpaired) electrons. The van der Waals surface area contributed by atoms with Crippen LogP contribution in [0, 0.1) is 0 Å². The largest absolute Gasteiger partial charge is 0.482 e. The van der Waals surface area contributed by atoms with Gasteiger partial charge in [-0.2, -0.15) is 0 Å². The van der Waals surface area contributed by atoms with Crippen LogP contribution in [0.3, 0.4) is 0 Å². The number of rotatable bonds is 5. The Hall–Kier alpha value is -2.05. The van der Waals surface area contributed by atoms with Crippen molar-refractivity contribution < 1.29 is 14.3 Å². The zero-order valence-corrected chi connectivity index (χ0v) is 15.9. The highest BCUT2D eigenvalue weighted by molar-refractivity contribution is 7.17. The minimum absolute atomic E-state index is 0.190. The first kappa shape index (κ1) is 18.7. The lowest BCUT2D eigenvalue weighted by atomic mass is 9.96. The van der Waals surface area contributed by atoms with Crippen molar-refractivity contribution in [2.75, 3.05) is 11.9 Å². The highest BCUT2D eigenvalue weighted by Gasteiger charge is 2.23. The number of ether oxygens (including phenoxy) is 1. The molecule has 3 rings (SSSR count). The molecule has 0 spiro atoms. The van der Waals surface area contributed by atoms with Gasteiger partial charge in [0, 0.05) is 4.88 Å². The molecule has 0 aliphatic heterocycles. The van der Waals surface area contributed by atoms with Gasteiger partial charge in [0.15, 0.2) is 6.61 Å². The van der Waals surface area contributed by atoms with Crippen LogP contribution in [-0.2, 0) is 17.6 Å². The van der Waals surface area contributed by atoms with Crippen molar-refractivity contribution in [3.8, 4) is 5.75 Å². The second kappa shape index (κ2) is 8.56. The minimum atomic E-state index is -0.495. The highest BCUT2D eigenvalue weighted by atomic mass is 35.5. The number of primary amides is 1. The fraction of sp³-hybridized carbons (Fsp3) is 0.368. The summed E-state index contributed by atoms with van der Waals surface area (Å²) in [5.74, 6) is -0.398. The number of aryl methyl sites for hydroxylation is 1. The molecule has 1 aliphatic carbocycles. The van der Waals surface area contributed by atoms with E-state index in [0.29, 0.717) is 21.3 Å². The summed E-state index contributed by atoms with van der Waals surface area (Å²) in [6.07, 6.45) is 6.22. The van der Waals surface area contributed by atoms with Crippen molar-refractivity contribution >= 4 is 39.8 Å². The molecule has 138 valence electrons. The molecule has 3 N–H and O–H groups in total. The molecular weight excluding hydrogens is 372 g/mol. The molecule has 0 atom stereocenters. The first-order valence-corrected chi connectivity index (χ1v) is 9.87. The van der Waals surface area contributed by atoms with Crippen LogP contribution in [0.2, 0.25) is 5.02 Å². The average molecular weight is 393 g/mol. The van der Waals surface area contributed by atoms with Gasteiger partial charge in [0.2, 0.25) is 0 Å². The molecule has 2 aromatic rings. The van der Waals surface area contributed by atoms with Crippen molar-refractivity contribution in [2.24, 2.45) is 5.73 Å². The molecule has 0 fully saturated rings. The normalized spacial score (nSPS) is 14.0. The van der Waals surface area contributed by atoms with E-state index in [1.165, 1.54) is 17.8 Å². The number of amides is 2. The summed E-state index contributed by atoms with van der Waals surface area (Å²) in [7, 11) is 0. The van der Waals surface area contributed by atoms with Crippen LogP contribution in [-0.4, -0.2) is 18.4 Å². The Morgan fingerprint density at radius 2 is 1.88 bits per heavy atom. The zero-order chi connectivity index (χ0) is 18.5. The molecule has 5 nitrogen and oxygen atoms in total. The van der Waals surface area contributed by atoms with Crippen LogP contribution in [0.5, 0.6) is 5.75 Å². The fourth-order valence-corrected chi connectivity index (χ4v) is 4.64. The molecule has 0 saturated heterocycles. The number of anilines is 1. The quantitative estimate of drug-likeness (QED) is 0.800. The van der Waals surface area contributed by atoms with E-state index >= 15 is 0 Å². The third kappa shape index (κ3) is 4.37. The lowest BCUT2D eigenvalue weighted by molar-refractivity contribution is -0.118. The van der Waals surface area contributed by atoms with E-state index < -0.39 is 5.91 Å². The van der Waals surface area contributed by atoms with E-state index in [4.69, 9.17) is 22.1 Å². The summed E-state index contributed by atoms with van der Waals surface area (Å²) in [6, 6.07) is 6.96. The molecule has 1 aliphatic rings. The SMILES string of the molecule is NC(=O)c1c(NC(=O)COc2ccccc2Cl)sc2c1CCCCCC2. The van der Waals surface area contributed by atoms with Gasteiger partial charge in [0.1, 0.15) is 10.8 Å². The van der Waals surface area contributed by atoms with Crippen LogP contribution in [0.4, 0.5) is 5.00 Å². The van der Waals surface area contributed by atoms with Crippen LogP contribution in [0.15, 0.2) is 24.3 Å². The van der Waals surface area contributed by atoms with E-state index in [-0.39, 0.29) is 12.5 Å². The van der Waals surface area contributed by atoms with Gasteiger partial charge in [0.25, 0.3) is 11.8 Å². The van der Waals surface area contributed by atoms with E-state index in [1.807, 2.05) is 0 Å². The topological polar surface area (TPSA) is 81.4 Å². The van der Waals surface area contributed by atoms with Crippen molar-refractivity contribution in [1.29, 1.82) is 0 Å². The second-order valence-electron chi connectivity index (χ2n) is 6.25. The van der Waals surface area contributed by atoms with Gasteiger partial charge in [-0.1, -0.05) is 36.6 Å². The Kier molecular flexibility index (Phi) is 6.16. The first-order valence-electron chi connectivity index (χ1n) is 8.67. The number of nitrogens with one attached hydrogen (secondary N) is 1. The monoisotopic (exact) mass is 392 g/mol. The number of thiophene rings is 1. The zero-order valence-electron chi connectivity index (χ0n) is 14.3. The van der Waals surface area contributed by atoms with E-state index in [2.05, 4.69) is 5.32 Å². The maximum absolute atomic E-state index is 12.3. The van der Waals surface area contributed by atoms with Gasteiger partial charge in [-0.25, -0.2) is 0 Å². The summed E-state index contributed by atoms with van der Waals surface area (Å²) in [5, 5.41) is 3.76. The first-order chi connectivity index (χ1) is 12.6. The fourth-order valence-electron chi connectivity index (χ4n) is 3.14. The van der Waals surface area contributed by atoms with Crippen molar-refractivity contribution in [3.05, 3.63) is 45.3 Å². The molecule has 1 aromatic carbocycles. The lowest BCUT2D eigenvalue weighted by Gasteiger charge is -2.10. The maximum atomic E-state index is 12.3. The smallest absolute Gasteiger partial charge is 0.262 e. The molecule has 7 heteroatoms. The number of carbonyl (C=O) groups excluding carboxylic acids is 2. The summed E-state index contributed by atoms with van der Waals surface area (Å²) < 4.78 is 5.46. The number of nitrogens with two attached hydrogens (primary N) is 1. The number of hydrogen-bond acceptors (Lipinski definition) is 4. The third-order valence-corrected chi connectivity index (χ3v) is 5.89. The third-order valence-electron chi connectivity index (χ3n) is 4.37. The summed E-state index contributed by atoms with van der Waals surface area (Å²) >= 11 is 7.47.